The molecule has 3 saturated heterocycles. The van der Waals surface area contributed by atoms with Gasteiger partial charge in [-0.15, -0.1) is 0 Å². The van der Waals surface area contributed by atoms with Crippen LogP contribution in [-0.4, -0.2) is 59.5 Å². The molecule has 8 aliphatic rings. The predicted octanol–water partition coefficient (Wildman–Crippen LogP) is 6.41. The first kappa shape index (κ1) is 28.4. The maximum atomic E-state index is 11.0. The molecular weight excluding hydrogens is 492 g/mol. The molecule has 4 heteroatoms. The number of aliphatic hydroxyl groups is 2. The number of hydrogen-bond donors (Lipinski definition) is 3. The van der Waals surface area contributed by atoms with Gasteiger partial charge in [-0.3, -0.25) is 4.90 Å². The van der Waals surface area contributed by atoms with Crippen molar-refractivity contribution in [2.75, 3.05) is 26.2 Å². The maximum Gasteiger partial charge on any atom is 0.0594 e. The highest BCUT2D eigenvalue weighted by atomic mass is 16.3. The molecule has 2 bridgehead atoms. The van der Waals surface area contributed by atoms with Crippen LogP contribution in [0.15, 0.2) is 12.2 Å². The Kier molecular flexibility index (Phi) is 6.59. The van der Waals surface area contributed by atoms with Gasteiger partial charge in [-0.25, -0.2) is 0 Å². The van der Waals surface area contributed by atoms with Crippen LogP contribution >= 0.6 is 0 Å². The number of hydrogen-bond acceptors (Lipinski definition) is 4. The first-order valence-corrected chi connectivity index (χ1v) is 17.3. The van der Waals surface area contributed by atoms with Gasteiger partial charge >= 0.3 is 0 Å². The van der Waals surface area contributed by atoms with E-state index in [2.05, 4.69) is 44.8 Å². The van der Waals surface area contributed by atoms with Gasteiger partial charge in [0.25, 0.3) is 0 Å². The maximum absolute atomic E-state index is 11.0. The van der Waals surface area contributed by atoms with Crippen LogP contribution in [-0.2, 0) is 0 Å². The summed E-state index contributed by atoms with van der Waals surface area (Å²) in [6.45, 7) is 21.4. The molecule has 0 aromatic rings. The lowest BCUT2D eigenvalue weighted by molar-refractivity contribution is -0.249. The van der Waals surface area contributed by atoms with Gasteiger partial charge in [-0.05, 0) is 134 Å². The third-order valence-corrected chi connectivity index (χ3v) is 16.3. The van der Waals surface area contributed by atoms with E-state index in [1.54, 1.807) is 0 Å². The zero-order chi connectivity index (χ0) is 28.3. The topological polar surface area (TPSA) is 55.7 Å². The van der Waals surface area contributed by atoms with Gasteiger partial charge in [-0.2, -0.15) is 0 Å². The quantitative estimate of drug-likeness (QED) is 0.353. The van der Waals surface area contributed by atoms with Crippen molar-refractivity contribution < 1.29 is 10.2 Å². The molecule has 6 unspecified atom stereocenters. The Morgan fingerprint density at radius 3 is 2.33 bits per heavy atom. The van der Waals surface area contributed by atoms with E-state index >= 15 is 0 Å². The predicted molar refractivity (Wildman–Crippen MR) is 163 cm³/mol. The van der Waals surface area contributed by atoms with Crippen molar-refractivity contribution in [1.82, 2.24) is 10.2 Å². The van der Waals surface area contributed by atoms with Gasteiger partial charge in [0.1, 0.15) is 0 Å². The van der Waals surface area contributed by atoms with Crippen LogP contribution in [0, 0.1) is 56.7 Å². The van der Waals surface area contributed by atoms with E-state index in [1.165, 1.54) is 82.7 Å². The van der Waals surface area contributed by atoms with Gasteiger partial charge in [0.15, 0.2) is 0 Å². The van der Waals surface area contributed by atoms with Crippen molar-refractivity contribution in [3.05, 3.63) is 12.2 Å². The highest BCUT2D eigenvalue weighted by Gasteiger charge is 2.70. The number of piperazine rings is 1. The summed E-state index contributed by atoms with van der Waals surface area (Å²) in [7, 11) is 0. The zero-order valence-corrected chi connectivity index (χ0v) is 26.5. The largest absolute Gasteiger partial charge is 0.396 e. The number of piperidine rings is 2. The van der Waals surface area contributed by atoms with Crippen LogP contribution in [0.3, 0.4) is 0 Å². The van der Waals surface area contributed by atoms with E-state index in [1.807, 2.05) is 0 Å². The lowest BCUT2D eigenvalue weighted by atomic mass is 9.32. The molecule has 5 saturated carbocycles. The van der Waals surface area contributed by atoms with Crippen molar-refractivity contribution in [2.24, 2.45) is 56.7 Å². The molecule has 0 spiro atoms. The number of fused-ring (bicyclic) bond motifs is 10. The third-order valence-electron chi connectivity index (χ3n) is 16.3. The van der Waals surface area contributed by atoms with Crippen molar-refractivity contribution in [1.29, 1.82) is 0 Å². The van der Waals surface area contributed by atoms with E-state index in [0.717, 1.165) is 25.4 Å². The van der Waals surface area contributed by atoms with Gasteiger partial charge in [0, 0.05) is 38.3 Å². The molecule has 12 atom stereocenters. The Morgan fingerprint density at radius 1 is 0.850 bits per heavy atom. The molecule has 0 aromatic heterocycles. The summed E-state index contributed by atoms with van der Waals surface area (Å²) in [6, 6.07) is 1.36. The van der Waals surface area contributed by atoms with E-state index < -0.39 is 0 Å². The highest BCUT2D eigenvalue weighted by molar-refractivity contribution is 5.23. The fraction of sp³-hybridized carbons (Fsp3) is 0.944. The summed E-state index contributed by atoms with van der Waals surface area (Å²) in [5.41, 5.74) is 2.61. The lowest BCUT2D eigenvalue weighted by Gasteiger charge is -2.73. The summed E-state index contributed by atoms with van der Waals surface area (Å²) in [5.74, 6) is 3.22. The minimum absolute atomic E-state index is 0.0163. The molecule has 0 aromatic carbocycles. The number of rotatable bonds is 4. The van der Waals surface area contributed by atoms with E-state index in [-0.39, 0.29) is 16.9 Å². The molecule has 0 radical (unpaired) electrons. The van der Waals surface area contributed by atoms with Crippen LogP contribution in [0.1, 0.15) is 112 Å². The normalized spacial score (nSPS) is 55.2. The monoisotopic (exact) mass is 552 g/mol. The Morgan fingerprint density at radius 2 is 1.65 bits per heavy atom. The summed E-state index contributed by atoms with van der Waals surface area (Å²) < 4.78 is 0. The van der Waals surface area contributed by atoms with E-state index in [9.17, 15) is 10.2 Å². The average molecular weight is 553 g/mol. The second-order valence-corrected chi connectivity index (χ2v) is 17.7. The Balaban J connectivity index is 1.19. The first-order valence-electron chi connectivity index (χ1n) is 17.3. The summed E-state index contributed by atoms with van der Waals surface area (Å²) in [5, 5.41) is 25.8. The molecule has 3 N–H and O–H groups in total. The van der Waals surface area contributed by atoms with Crippen LogP contribution in [0.5, 0.6) is 0 Å². The Hall–Kier alpha value is -0.420. The minimum Gasteiger partial charge on any atom is -0.396 e. The van der Waals surface area contributed by atoms with Gasteiger partial charge < -0.3 is 15.5 Å². The molecule has 3 aliphatic heterocycles. The molecule has 4 nitrogen and oxygen atoms in total. The number of nitrogens with one attached hydrogen (secondary N) is 1. The smallest absolute Gasteiger partial charge is 0.0594 e. The number of aliphatic hydroxyl groups excluding tert-OH is 2. The van der Waals surface area contributed by atoms with Crippen LogP contribution in [0.25, 0.3) is 0 Å². The van der Waals surface area contributed by atoms with E-state index in [0.29, 0.717) is 58.6 Å². The molecule has 40 heavy (non-hydrogen) atoms. The summed E-state index contributed by atoms with van der Waals surface area (Å²) >= 11 is 0. The third kappa shape index (κ3) is 3.64. The van der Waals surface area contributed by atoms with Crippen LogP contribution in [0.4, 0.5) is 0 Å². The van der Waals surface area contributed by atoms with Crippen LogP contribution < -0.4 is 5.32 Å². The van der Waals surface area contributed by atoms with Gasteiger partial charge in [0.05, 0.1) is 6.10 Å². The Labute approximate surface area is 245 Å². The molecule has 5 aliphatic carbocycles. The first-order chi connectivity index (χ1) is 18.9. The van der Waals surface area contributed by atoms with Crippen molar-refractivity contribution in [2.45, 2.75) is 130 Å². The summed E-state index contributed by atoms with van der Waals surface area (Å²) in [6.07, 6.45) is 14.9. The van der Waals surface area contributed by atoms with E-state index in [4.69, 9.17) is 6.58 Å². The molecule has 0 amide bonds. The second-order valence-electron chi connectivity index (χ2n) is 17.7. The highest BCUT2D eigenvalue weighted by Crippen LogP contribution is 2.77. The van der Waals surface area contributed by atoms with Gasteiger partial charge in [-0.1, -0.05) is 46.8 Å². The SMILES string of the molecule is C=C(CN1CC2CCC1CN2)[C@@H]1CC[C@]2(CO)CC[C@]3(C)C(CCC4[C@@]5(C)CC[C@H](O)C(C)(C)C5CC[C@]43C)C12. The van der Waals surface area contributed by atoms with Crippen LogP contribution in [0.2, 0.25) is 0 Å². The zero-order valence-electron chi connectivity index (χ0n) is 26.5. The fourth-order valence-corrected chi connectivity index (χ4v) is 13.8. The average Bonchev–Trinajstić information content (AvgIpc) is 3.32. The fourth-order valence-electron chi connectivity index (χ4n) is 13.8. The molecule has 8 rings (SSSR count). The van der Waals surface area contributed by atoms with Crippen molar-refractivity contribution in [3.63, 3.8) is 0 Å². The standard InChI is InChI=1S/C36H60N2O2/c1-23(20-38-21-24-7-8-25(38)19-37-24)26-11-16-36(22-39)18-17-34(5)27(31(26)36)9-10-29-33(4)14-13-30(40)32(2,3)28(33)12-15-35(29,34)6/h24-31,37,39-40H,1,7-22H2,2-6H3/t24?,25?,26-,27?,28?,29?,30-,31?,33-,34+,35+,36+/m0/s1. The van der Waals surface area contributed by atoms with Crippen molar-refractivity contribution in [3.8, 4) is 0 Å². The second kappa shape index (κ2) is 9.29. The van der Waals surface area contributed by atoms with Gasteiger partial charge in [0.2, 0.25) is 0 Å². The molecule has 226 valence electrons. The number of nitrogens with zero attached hydrogens (tertiary/aromatic N) is 1. The molecule has 3 heterocycles. The van der Waals surface area contributed by atoms with Crippen molar-refractivity contribution >= 4 is 0 Å². The molecule has 8 fully saturated rings. The minimum atomic E-state index is -0.155. The lowest BCUT2D eigenvalue weighted by Crippen LogP contribution is -2.66. The summed E-state index contributed by atoms with van der Waals surface area (Å²) in [4.78, 5) is 2.76. The molecular formula is C36H60N2O2. The Bertz CT molecular complexity index is 1020.